The normalized spacial score (nSPS) is 17.0. The number of halogens is 1. The van der Waals surface area contributed by atoms with E-state index < -0.39 is 6.10 Å². The molecule has 146 valence electrons. The number of aliphatic hydroxyl groups excluding tert-OH is 1. The van der Waals surface area contributed by atoms with Gasteiger partial charge in [-0.15, -0.1) is 11.3 Å². The van der Waals surface area contributed by atoms with Crippen LogP contribution in [0.1, 0.15) is 30.7 Å². The molecule has 0 radical (unpaired) electrons. The summed E-state index contributed by atoms with van der Waals surface area (Å²) in [6, 6.07) is 14.6. The number of aliphatic imine (C=N–C) groups is 1. The first kappa shape index (κ1) is 20.0. The SMILES string of the molecule is CCNC(=NCC(O)c1ccc(Cl)s1)NC1CCN(c2ccccc2)CC1. The number of hydrogen-bond acceptors (Lipinski definition) is 4. The fourth-order valence-electron chi connectivity index (χ4n) is 3.21. The average molecular weight is 407 g/mol. The molecule has 1 aromatic carbocycles. The molecule has 3 N–H and O–H groups in total. The number of para-hydroxylation sites is 1. The molecule has 2 aromatic rings. The Kier molecular flexibility index (Phi) is 7.38. The van der Waals surface area contributed by atoms with Gasteiger partial charge in [-0.3, -0.25) is 4.99 Å². The number of nitrogens with zero attached hydrogens (tertiary/aromatic N) is 2. The molecular formula is C20H27ClN4OS. The van der Waals surface area contributed by atoms with Crippen molar-refractivity contribution >= 4 is 34.6 Å². The Balaban J connectivity index is 1.52. The van der Waals surface area contributed by atoms with Crippen molar-refractivity contribution in [1.82, 2.24) is 10.6 Å². The lowest BCUT2D eigenvalue weighted by atomic mass is 10.0. The van der Waals surface area contributed by atoms with Crippen molar-refractivity contribution in [3.05, 3.63) is 51.7 Å². The minimum Gasteiger partial charge on any atom is -0.386 e. The van der Waals surface area contributed by atoms with Crippen LogP contribution in [0.5, 0.6) is 0 Å². The summed E-state index contributed by atoms with van der Waals surface area (Å²) in [5.41, 5.74) is 1.29. The molecule has 3 rings (SSSR count). The highest BCUT2D eigenvalue weighted by molar-refractivity contribution is 7.16. The van der Waals surface area contributed by atoms with Crippen LogP contribution in [-0.4, -0.2) is 43.3 Å². The monoisotopic (exact) mass is 406 g/mol. The maximum atomic E-state index is 10.3. The second-order valence-electron chi connectivity index (χ2n) is 6.62. The van der Waals surface area contributed by atoms with Crippen LogP contribution in [0.4, 0.5) is 5.69 Å². The van der Waals surface area contributed by atoms with Gasteiger partial charge >= 0.3 is 0 Å². The van der Waals surface area contributed by atoms with Crippen molar-refractivity contribution in [3.63, 3.8) is 0 Å². The lowest BCUT2D eigenvalue weighted by Crippen LogP contribution is -2.48. The molecule has 5 nitrogen and oxygen atoms in total. The van der Waals surface area contributed by atoms with Crippen molar-refractivity contribution < 1.29 is 5.11 Å². The van der Waals surface area contributed by atoms with Gasteiger partial charge in [-0.2, -0.15) is 0 Å². The van der Waals surface area contributed by atoms with E-state index in [1.807, 2.05) is 13.0 Å². The van der Waals surface area contributed by atoms with Crippen LogP contribution < -0.4 is 15.5 Å². The molecule has 0 amide bonds. The molecule has 1 aliphatic rings. The van der Waals surface area contributed by atoms with E-state index in [0.29, 0.717) is 16.9 Å². The molecule has 0 saturated carbocycles. The molecule has 1 unspecified atom stereocenters. The third-order valence-electron chi connectivity index (χ3n) is 4.65. The topological polar surface area (TPSA) is 59.9 Å². The molecule has 0 aliphatic carbocycles. The molecule has 2 heterocycles. The van der Waals surface area contributed by atoms with Crippen molar-refractivity contribution in [3.8, 4) is 0 Å². The van der Waals surface area contributed by atoms with Gasteiger partial charge in [0.05, 0.1) is 10.9 Å². The zero-order valence-corrected chi connectivity index (χ0v) is 17.1. The first-order valence-electron chi connectivity index (χ1n) is 9.44. The summed E-state index contributed by atoms with van der Waals surface area (Å²) in [6.07, 6.45) is 1.49. The number of hydrogen-bond donors (Lipinski definition) is 3. The molecule has 1 atom stereocenters. The van der Waals surface area contributed by atoms with Crippen LogP contribution in [0.25, 0.3) is 0 Å². The second kappa shape index (κ2) is 9.97. The van der Waals surface area contributed by atoms with E-state index in [1.54, 1.807) is 6.07 Å². The summed E-state index contributed by atoms with van der Waals surface area (Å²) in [5, 5.41) is 17.1. The summed E-state index contributed by atoms with van der Waals surface area (Å²) in [4.78, 5) is 7.83. The Morgan fingerprint density at radius 3 is 2.63 bits per heavy atom. The standard InChI is InChI=1S/C20H27ClN4OS/c1-2-22-20(23-14-17(26)18-8-9-19(21)27-18)24-15-10-12-25(13-11-15)16-6-4-3-5-7-16/h3-9,15,17,26H,2,10-14H2,1H3,(H2,22,23,24). The number of guanidine groups is 1. The van der Waals surface area contributed by atoms with Gasteiger partial charge in [-0.1, -0.05) is 29.8 Å². The number of piperidine rings is 1. The fraction of sp³-hybridized carbons (Fsp3) is 0.450. The van der Waals surface area contributed by atoms with Gasteiger partial charge in [-0.25, -0.2) is 0 Å². The predicted molar refractivity (Wildman–Crippen MR) is 115 cm³/mol. The Bertz CT molecular complexity index is 729. The van der Waals surface area contributed by atoms with Gasteiger partial charge in [-0.05, 0) is 44.0 Å². The summed E-state index contributed by atoms with van der Waals surface area (Å²) in [7, 11) is 0. The van der Waals surface area contributed by atoms with Gasteiger partial charge in [0.1, 0.15) is 6.10 Å². The average Bonchev–Trinajstić information content (AvgIpc) is 3.14. The first-order valence-corrected chi connectivity index (χ1v) is 10.6. The number of aliphatic hydroxyl groups is 1. The van der Waals surface area contributed by atoms with Gasteiger partial charge in [0.25, 0.3) is 0 Å². The van der Waals surface area contributed by atoms with Crippen LogP contribution in [0.15, 0.2) is 47.5 Å². The Hall–Kier alpha value is -1.76. The van der Waals surface area contributed by atoms with E-state index in [4.69, 9.17) is 11.6 Å². The van der Waals surface area contributed by atoms with Crippen LogP contribution in [-0.2, 0) is 0 Å². The van der Waals surface area contributed by atoms with Crippen LogP contribution in [0.3, 0.4) is 0 Å². The zero-order chi connectivity index (χ0) is 19.1. The Morgan fingerprint density at radius 2 is 2.00 bits per heavy atom. The van der Waals surface area contributed by atoms with Gasteiger partial charge < -0.3 is 20.6 Å². The highest BCUT2D eigenvalue weighted by Gasteiger charge is 2.20. The lowest BCUT2D eigenvalue weighted by molar-refractivity contribution is 0.191. The van der Waals surface area contributed by atoms with Crippen molar-refractivity contribution in [2.24, 2.45) is 4.99 Å². The van der Waals surface area contributed by atoms with E-state index in [1.165, 1.54) is 17.0 Å². The molecule has 0 bridgehead atoms. The zero-order valence-electron chi connectivity index (χ0n) is 15.6. The van der Waals surface area contributed by atoms with Crippen LogP contribution in [0.2, 0.25) is 4.34 Å². The van der Waals surface area contributed by atoms with E-state index in [2.05, 4.69) is 50.9 Å². The number of rotatable bonds is 6. The predicted octanol–water partition coefficient (Wildman–Crippen LogP) is 3.66. The van der Waals surface area contributed by atoms with E-state index in [-0.39, 0.29) is 0 Å². The maximum absolute atomic E-state index is 10.3. The van der Waals surface area contributed by atoms with Crippen LogP contribution >= 0.6 is 22.9 Å². The number of anilines is 1. The largest absolute Gasteiger partial charge is 0.386 e. The third-order valence-corrected chi connectivity index (χ3v) is 5.98. The van der Waals surface area contributed by atoms with E-state index in [9.17, 15) is 5.11 Å². The van der Waals surface area contributed by atoms with Crippen molar-refractivity contribution in [2.45, 2.75) is 31.9 Å². The van der Waals surface area contributed by atoms with Crippen molar-refractivity contribution in [2.75, 3.05) is 31.1 Å². The minimum atomic E-state index is -0.627. The molecule has 1 aromatic heterocycles. The van der Waals surface area contributed by atoms with E-state index in [0.717, 1.165) is 43.3 Å². The fourth-order valence-corrected chi connectivity index (χ4v) is 4.25. The summed E-state index contributed by atoms with van der Waals surface area (Å²) >= 11 is 7.34. The molecule has 1 saturated heterocycles. The molecular weight excluding hydrogens is 380 g/mol. The third kappa shape index (κ3) is 5.86. The maximum Gasteiger partial charge on any atom is 0.191 e. The van der Waals surface area contributed by atoms with Gasteiger partial charge in [0.2, 0.25) is 0 Å². The quantitative estimate of drug-likeness (QED) is 0.506. The van der Waals surface area contributed by atoms with Crippen LogP contribution in [0, 0.1) is 0 Å². The first-order chi connectivity index (χ1) is 13.2. The molecule has 27 heavy (non-hydrogen) atoms. The van der Waals surface area contributed by atoms with E-state index >= 15 is 0 Å². The Labute approximate surface area is 170 Å². The van der Waals surface area contributed by atoms with Gasteiger partial charge in [0.15, 0.2) is 5.96 Å². The molecule has 1 aliphatic heterocycles. The molecule has 0 spiro atoms. The number of nitrogens with one attached hydrogen (secondary N) is 2. The summed E-state index contributed by atoms with van der Waals surface area (Å²) in [6.45, 7) is 5.20. The molecule has 7 heteroatoms. The number of thiophene rings is 1. The highest BCUT2D eigenvalue weighted by Crippen LogP contribution is 2.27. The highest BCUT2D eigenvalue weighted by atomic mass is 35.5. The molecule has 1 fully saturated rings. The second-order valence-corrected chi connectivity index (χ2v) is 8.37. The lowest BCUT2D eigenvalue weighted by Gasteiger charge is -2.34. The summed E-state index contributed by atoms with van der Waals surface area (Å²) < 4.78 is 0.684. The minimum absolute atomic E-state index is 0.315. The Morgan fingerprint density at radius 1 is 1.26 bits per heavy atom. The number of benzene rings is 1. The van der Waals surface area contributed by atoms with Crippen molar-refractivity contribution in [1.29, 1.82) is 0 Å². The smallest absolute Gasteiger partial charge is 0.191 e. The summed E-state index contributed by atoms with van der Waals surface area (Å²) in [5.74, 6) is 0.761. The van der Waals surface area contributed by atoms with Gasteiger partial charge in [0, 0.05) is 36.2 Å².